The third kappa shape index (κ3) is 5.77. The predicted molar refractivity (Wildman–Crippen MR) is 135 cm³/mol. The molecule has 1 aromatic heterocycles. The van der Waals surface area contributed by atoms with Gasteiger partial charge in [0.25, 0.3) is 0 Å². The number of methoxy groups -OCH3 is 1. The van der Waals surface area contributed by atoms with E-state index >= 15 is 4.39 Å². The minimum Gasteiger partial charge on any atom is -0.497 e. The van der Waals surface area contributed by atoms with Gasteiger partial charge in [-0.05, 0) is 68.1 Å². The molecule has 1 aliphatic heterocycles. The number of likely N-dealkylation sites (tertiary alicyclic amines) is 1. The van der Waals surface area contributed by atoms with Gasteiger partial charge in [0, 0.05) is 35.8 Å². The van der Waals surface area contributed by atoms with Crippen LogP contribution in [-0.4, -0.2) is 47.7 Å². The van der Waals surface area contributed by atoms with Crippen LogP contribution in [0.1, 0.15) is 43.0 Å². The summed E-state index contributed by atoms with van der Waals surface area (Å²) in [6.07, 6.45) is 1.04. The van der Waals surface area contributed by atoms with E-state index in [4.69, 9.17) is 16.3 Å². The molecule has 1 saturated heterocycles. The summed E-state index contributed by atoms with van der Waals surface area (Å²) in [6, 6.07) is 11.2. The van der Waals surface area contributed by atoms with Crippen LogP contribution in [0.15, 0.2) is 48.7 Å². The molecule has 3 aromatic rings. The van der Waals surface area contributed by atoms with E-state index in [9.17, 15) is 14.3 Å². The first kappa shape index (κ1) is 25.9. The number of pyridine rings is 1. The van der Waals surface area contributed by atoms with Gasteiger partial charge < -0.3 is 9.84 Å². The molecule has 2 aromatic carbocycles. The van der Waals surface area contributed by atoms with Crippen LogP contribution in [0.25, 0.3) is 10.9 Å². The van der Waals surface area contributed by atoms with Crippen molar-refractivity contribution >= 4 is 28.5 Å². The minimum absolute atomic E-state index is 0.0344. The van der Waals surface area contributed by atoms with E-state index in [-0.39, 0.29) is 23.7 Å². The maximum absolute atomic E-state index is 15.6. The van der Waals surface area contributed by atoms with Crippen LogP contribution in [0.4, 0.5) is 8.78 Å². The van der Waals surface area contributed by atoms with Crippen molar-refractivity contribution in [1.82, 2.24) is 9.88 Å². The smallest absolute Gasteiger partial charge is 0.309 e. The standard InChI is InChI=1S/C28H27ClF2N2O3/c1-36-21-8-9-25-22(17-21)26(23(29)18-32-25)24(31)10-11-28(27(34)35)12-15-33(16-13-28)14-2-3-19-4-6-20(30)7-5-19/h4-9,17-18,24H,10-16H2,1H3,(H,34,35). The Morgan fingerprint density at radius 1 is 1.25 bits per heavy atom. The Labute approximate surface area is 214 Å². The van der Waals surface area contributed by atoms with E-state index < -0.39 is 17.6 Å². The van der Waals surface area contributed by atoms with Gasteiger partial charge in [0.2, 0.25) is 0 Å². The average Bonchev–Trinajstić information content (AvgIpc) is 2.88. The van der Waals surface area contributed by atoms with Crippen LogP contribution >= 0.6 is 11.6 Å². The third-order valence-corrected chi connectivity index (χ3v) is 7.21. The first-order valence-corrected chi connectivity index (χ1v) is 12.2. The topological polar surface area (TPSA) is 62.7 Å². The van der Waals surface area contributed by atoms with Crippen LogP contribution < -0.4 is 4.74 Å². The summed E-state index contributed by atoms with van der Waals surface area (Å²) in [5.41, 5.74) is 0.635. The number of nitrogens with zero attached hydrogens (tertiary/aromatic N) is 2. The maximum Gasteiger partial charge on any atom is 0.309 e. The lowest BCUT2D eigenvalue weighted by Gasteiger charge is -2.38. The lowest BCUT2D eigenvalue weighted by Crippen LogP contribution is -2.44. The summed E-state index contributed by atoms with van der Waals surface area (Å²) in [6.45, 7) is 1.59. The first-order chi connectivity index (χ1) is 17.3. The van der Waals surface area contributed by atoms with Crippen LogP contribution in [0.2, 0.25) is 5.02 Å². The van der Waals surface area contributed by atoms with Crippen LogP contribution in [0, 0.1) is 23.1 Å². The van der Waals surface area contributed by atoms with Gasteiger partial charge in [-0.25, -0.2) is 8.78 Å². The summed E-state index contributed by atoms with van der Waals surface area (Å²) in [5, 5.41) is 10.8. The van der Waals surface area contributed by atoms with Gasteiger partial charge in [-0.15, -0.1) is 0 Å². The van der Waals surface area contributed by atoms with Crippen molar-refractivity contribution in [3.63, 3.8) is 0 Å². The van der Waals surface area contributed by atoms with Crippen molar-refractivity contribution in [2.24, 2.45) is 5.41 Å². The zero-order valence-electron chi connectivity index (χ0n) is 19.9. The maximum atomic E-state index is 15.6. The Balaban J connectivity index is 1.41. The molecule has 0 radical (unpaired) electrons. The summed E-state index contributed by atoms with van der Waals surface area (Å²) in [5.74, 6) is 5.42. The number of rotatable bonds is 7. The van der Waals surface area contributed by atoms with Crippen molar-refractivity contribution in [1.29, 1.82) is 0 Å². The number of halogens is 3. The Hall–Kier alpha value is -3.21. The van der Waals surface area contributed by atoms with Crippen LogP contribution in [0.3, 0.4) is 0 Å². The Bertz CT molecular complexity index is 1300. The summed E-state index contributed by atoms with van der Waals surface area (Å²) in [4.78, 5) is 18.6. The van der Waals surface area contributed by atoms with Gasteiger partial charge >= 0.3 is 5.97 Å². The van der Waals surface area contributed by atoms with Crippen molar-refractivity contribution in [3.05, 3.63) is 70.6 Å². The molecule has 36 heavy (non-hydrogen) atoms. The lowest BCUT2D eigenvalue weighted by molar-refractivity contribution is -0.152. The normalized spacial score (nSPS) is 16.2. The number of aromatic nitrogens is 1. The Morgan fingerprint density at radius 2 is 1.97 bits per heavy atom. The molecular weight excluding hydrogens is 486 g/mol. The number of alkyl halides is 1. The highest BCUT2D eigenvalue weighted by Gasteiger charge is 2.41. The quantitative estimate of drug-likeness (QED) is 0.391. The molecular formula is C28H27ClF2N2O3. The Kier molecular flexibility index (Phi) is 8.07. The highest BCUT2D eigenvalue weighted by molar-refractivity contribution is 6.32. The Morgan fingerprint density at radius 3 is 2.64 bits per heavy atom. The SMILES string of the molecule is COc1ccc2ncc(Cl)c(C(F)CCC3(C(=O)O)CCN(CC#Cc4ccc(F)cc4)CC3)c2c1. The summed E-state index contributed by atoms with van der Waals surface area (Å²) in [7, 11) is 1.53. The molecule has 1 N–H and O–H groups in total. The monoisotopic (exact) mass is 512 g/mol. The minimum atomic E-state index is -1.44. The zero-order chi connectivity index (χ0) is 25.7. The molecule has 1 fully saturated rings. The van der Waals surface area contributed by atoms with Gasteiger partial charge in [-0.3, -0.25) is 14.7 Å². The number of ether oxygens (including phenoxy) is 1. The van der Waals surface area contributed by atoms with Crippen molar-refractivity contribution in [2.45, 2.75) is 31.9 Å². The molecule has 5 nitrogen and oxygen atoms in total. The zero-order valence-corrected chi connectivity index (χ0v) is 20.7. The molecule has 1 aliphatic rings. The fourth-order valence-corrected chi connectivity index (χ4v) is 4.93. The van der Waals surface area contributed by atoms with Crippen LogP contribution in [0.5, 0.6) is 5.75 Å². The van der Waals surface area contributed by atoms with E-state index in [0.29, 0.717) is 54.7 Å². The number of hydrogen-bond acceptors (Lipinski definition) is 4. The second-order valence-corrected chi connectivity index (χ2v) is 9.49. The molecule has 188 valence electrons. The lowest BCUT2D eigenvalue weighted by atomic mass is 9.74. The molecule has 4 rings (SSSR count). The van der Waals surface area contributed by atoms with Crippen molar-refractivity contribution in [2.75, 3.05) is 26.7 Å². The predicted octanol–water partition coefficient (Wildman–Crippen LogP) is 6.05. The molecule has 0 aliphatic carbocycles. The van der Waals surface area contributed by atoms with Crippen molar-refractivity contribution < 1.29 is 23.4 Å². The molecule has 0 amide bonds. The number of hydrogen-bond donors (Lipinski definition) is 1. The largest absolute Gasteiger partial charge is 0.497 e. The van der Waals surface area contributed by atoms with Gasteiger partial charge in [-0.2, -0.15) is 0 Å². The summed E-state index contributed by atoms with van der Waals surface area (Å²) >= 11 is 6.33. The fourth-order valence-electron chi connectivity index (χ4n) is 4.66. The number of carboxylic acid groups (broad SMARTS) is 1. The van der Waals surface area contributed by atoms with Crippen molar-refractivity contribution in [3.8, 4) is 17.6 Å². The molecule has 0 bridgehead atoms. The first-order valence-electron chi connectivity index (χ1n) is 11.8. The number of fused-ring (bicyclic) bond motifs is 1. The van der Waals surface area contributed by atoms with Gasteiger partial charge in [0.05, 0.1) is 29.6 Å². The number of carboxylic acids is 1. The van der Waals surface area contributed by atoms with E-state index in [1.54, 1.807) is 30.3 Å². The molecule has 0 spiro atoms. The molecule has 8 heteroatoms. The average molecular weight is 513 g/mol. The summed E-state index contributed by atoms with van der Waals surface area (Å²) < 4.78 is 33.9. The molecule has 2 heterocycles. The van der Waals surface area contributed by atoms with E-state index in [1.807, 2.05) is 0 Å². The molecule has 1 unspecified atom stereocenters. The number of carbonyl (C=O) groups is 1. The second-order valence-electron chi connectivity index (χ2n) is 9.08. The number of benzene rings is 2. The van der Waals surface area contributed by atoms with Gasteiger partial charge in [0.1, 0.15) is 17.7 Å². The second kappa shape index (κ2) is 11.2. The number of piperidine rings is 1. The highest BCUT2D eigenvalue weighted by atomic mass is 35.5. The van der Waals surface area contributed by atoms with E-state index in [1.165, 1.54) is 25.4 Å². The third-order valence-electron chi connectivity index (χ3n) is 6.90. The van der Waals surface area contributed by atoms with Crippen LogP contribution in [-0.2, 0) is 4.79 Å². The van der Waals surface area contributed by atoms with Gasteiger partial charge in [-0.1, -0.05) is 23.4 Å². The molecule has 1 atom stereocenters. The van der Waals surface area contributed by atoms with Gasteiger partial charge in [0.15, 0.2) is 0 Å². The fraction of sp³-hybridized carbons (Fsp3) is 0.357. The van der Waals surface area contributed by atoms with E-state index in [0.717, 1.165) is 5.56 Å². The highest BCUT2D eigenvalue weighted by Crippen LogP contribution is 2.42. The molecule has 0 saturated carbocycles. The number of aliphatic carboxylic acids is 1. The van der Waals surface area contributed by atoms with E-state index in [2.05, 4.69) is 21.7 Å².